The Morgan fingerprint density at radius 2 is 1.95 bits per heavy atom. The zero-order valence-corrected chi connectivity index (χ0v) is 24.1. The molecule has 0 unspecified atom stereocenters. The molecule has 0 atom stereocenters. The van der Waals surface area contributed by atoms with Gasteiger partial charge < -0.3 is 25.1 Å². The highest BCUT2D eigenvalue weighted by Crippen LogP contribution is 2.39. The van der Waals surface area contributed by atoms with Crippen molar-refractivity contribution in [3.05, 3.63) is 41.6 Å². The largest absolute Gasteiger partial charge is 0.481 e. The third-order valence-corrected chi connectivity index (χ3v) is 11.8. The summed E-state index contributed by atoms with van der Waals surface area (Å²) in [5, 5.41) is 21.5. The van der Waals surface area contributed by atoms with Gasteiger partial charge in [0.25, 0.3) is 5.91 Å². The molecular formula is C26H34N8O4Si. The van der Waals surface area contributed by atoms with Crippen molar-refractivity contribution < 1.29 is 18.8 Å². The van der Waals surface area contributed by atoms with Gasteiger partial charge in [-0.3, -0.25) is 9.59 Å². The molecule has 39 heavy (non-hydrogen) atoms. The number of rotatable bonds is 8. The van der Waals surface area contributed by atoms with Crippen molar-refractivity contribution in [2.75, 3.05) is 17.7 Å². The van der Waals surface area contributed by atoms with Gasteiger partial charge in [-0.1, -0.05) is 26.8 Å². The average molecular weight is 551 g/mol. The maximum atomic E-state index is 12.5. The summed E-state index contributed by atoms with van der Waals surface area (Å²) in [6, 6.07) is 7.18. The summed E-state index contributed by atoms with van der Waals surface area (Å²) in [5.41, 5.74) is 1.77. The van der Waals surface area contributed by atoms with Gasteiger partial charge in [0.2, 0.25) is 5.91 Å². The van der Waals surface area contributed by atoms with Crippen molar-refractivity contribution in [3.8, 4) is 11.4 Å². The number of benzene rings is 1. The lowest BCUT2D eigenvalue weighted by molar-refractivity contribution is -0.117. The first-order valence-corrected chi connectivity index (χ1v) is 15.9. The number of para-hydroxylation sites is 1. The summed E-state index contributed by atoms with van der Waals surface area (Å²) in [6.07, 6.45) is 1.73. The molecule has 1 fully saturated rings. The number of aromatic nitrogens is 5. The third-order valence-electron chi connectivity index (χ3n) is 7.36. The maximum Gasteiger partial charge on any atom is 0.273 e. The van der Waals surface area contributed by atoms with Gasteiger partial charge in [0, 0.05) is 19.0 Å². The summed E-state index contributed by atoms with van der Waals surface area (Å²) in [5.74, 6) is 1.57. The predicted molar refractivity (Wildman–Crippen MR) is 148 cm³/mol. The lowest BCUT2D eigenvalue weighted by atomic mass is 10.2. The van der Waals surface area contributed by atoms with Crippen molar-refractivity contribution in [1.82, 2.24) is 30.3 Å². The number of fused-ring (bicyclic) bond motifs is 3. The number of anilines is 3. The smallest absolute Gasteiger partial charge is 0.273 e. The van der Waals surface area contributed by atoms with Crippen molar-refractivity contribution >= 4 is 37.3 Å². The minimum Gasteiger partial charge on any atom is -0.481 e. The molecule has 0 spiro atoms. The Labute approximate surface area is 228 Å². The molecule has 2 aliphatic rings. The van der Waals surface area contributed by atoms with E-state index in [1.807, 2.05) is 18.2 Å². The van der Waals surface area contributed by atoms with Crippen LogP contribution in [0.4, 0.5) is 17.2 Å². The Balaban J connectivity index is 1.42. The van der Waals surface area contributed by atoms with E-state index in [9.17, 15) is 9.59 Å². The Bertz CT molecular complexity index is 1430. The van der Waals surface area contributed by atoms with Gasteiger partial charge in [-0.25, -0.2) is 9.67 Å². The standard InChI is InChI=1S/C26H34N8O4Si/c1-26(2,3)39(5,6)38-13-20-29-21-14-37-23-16(8-7-9-18(23)34(21)33-20)28-17-12-19(30-24(35)15-10-11-15)31-32-22(17)25(36)27-4/h7-9,12,15H,10-11,13-14H2,1-6H3,(H,27,36)(H2,28,30,31,35). The number of nitrogens with zero attached hydrogens (tertiary/aromatic N) is 5. The summed E-state index contributed by atoms with van der Waals surface area (Å²) in [6.45, 7) is 11.5. The lowest BCUT2D eigenvalue weighted by Crippen LogP contribution is -2.40. The van der Waals surface area contributed by atoms with E-state index in [0.29, 0.717) is 41.1 Å². The summed E-state index contributed by atoms with van der Waals surface area (Å²) >= 11 is 0. The monoisotopic (exact) mass is 550 g/mol. The molecule has 2 amide bonds. The molecule has 1 aliphatic carbocycles. The molecule has 1 aliphatic heterocycles. The van der Waals surface area contributed by atoms with Crippen LogP contribution in [0.25, 0.3) is 5.69 Å². The SMILES string of the molecule is CNC(=O)c1nnc(NC(=O)C2CC2)cc1Nc1cccc2c1OCc1nc(CO[Si](C)(C)C(C)(C)C)nn1-2. The van der Waals surface area contributed by atoms with E-state index in [2.05, 4.69) is 65.0 Å². The molecule has 0 bridgehead atoms. The van der Waals surface area contributed by atoms with Crippen molar-refractivity contribution in [2.24, 2.45) is 5.92 Å². The van der Waals surface area contributed by atoms with Gasteiger partial charge in [0.1, 0.15) is 12.3 Å². The van der Waals surface area contributed by atoms with Crippen LogP contribution in [0.2, 0.25) is 18.1 Å². The van der Waals surface area contributed by atoms with Crippen LogP contribution < -0.4 is 20.7 Å². The fraction of sp³-hybridized carbons (Fsp3) is 0.462. The summed E-state index contributed by atoms with van der Waals surface area (Å²) in [4.78, 5) is 29.4. The first kappa shape index (κ1) is 26.8. The fourth-order valence-corrected chi connectivity index (χ4v) is 4.76. The Morgan fingerprint density at radius 1 is 1.18 bits per heavy atom. The molecule has 5 rings (SSSR count). The maximum absolute atomic E-state index is 12.5. The molecule has 3 N–H and O–H groups in total. The number of hydrogen-bond acceptors (Lipinski definition) is 9. The van der Waals surface area contributed by atoms with Crippen molar-refractivity contribution in [1.29, 1.82) is 0 Å². The summed E-state index contributed by atoms with van der Waals surface area (Å²) < 4.78 is 14.2. The van der Waals surface area contributed by atoms with E-state index in [1.54, 1.807) is 10.7 Å². The van der Waals surface area contributed by atoms with Crippen LogP contribution in [-0.4, -0.2) is 52.1 Å². The van der Waals surface area contributed by atoms with Crippen molar-refractivity contribution in [3.63, 3.8) is 0 Å². The van der Waals surface area contributed by atoms with E-state index < -0.39 is 14.2 Å². The van der Waals surface area contributed by atoms with Gasteiger partial charge in [-0.15, -0.1) is 15.3 Å². The van der Waals surface area contributed by atoms with Crippen LogP contribution in [0.15, 0.2) is 24.3 Å². The number of carbonyl (C=O) groups excluding carboxylic acids is 2. The number of nitrogens with one attached hydrogen (secondary N) is 3. The zero-order valence-electron chi connectivity index (χ0n) is 23.1. The highest BCUT2D eigenvalue weighted by Gasteiger charge is 2.37. The lowest BCUT2D eigenvalue weighted by Gasteiger charge is -2.35. The molecule has 206 valence electrons. The molecule has 1 saturated carbocycles. The minimum atomic E-state index is -1.96. The Morgan fingerprint density at radius 3 is 2.64 bits per heavy atom. The quantitative estimate of drug-likeness (QED) is 0.355. The van der Waals surface area contributed by atoms with Crippen LogP contribution in [0.3, 0.4) is 0 Å². The van der Waals surface area contributed by atoms with E-state index in [-0.39, 0.29) is 35.0 Å². The van der Waals surface area contributed by atoms with E-state index >= 15 is 0 Å². The highest BCUT2D eigenvalue weighted by atomic mass is 28.4. The number of carbonyl (C=O) groups is 2. The van der Waals surface area contributed by atoms with Crippen molar-refractivity contribution in [2.45, 2.75) is 65.0 Å². The van der Waals surface area contributed by atoms with Crippen LogP contribution >= 0.6 is 0 Å². The summed E-state index contributed by atoms with van der Waals surface area (Å²) in [7, 11) is -0.444. The molecule has 13 heteroatoms. The minimum absolute atomic E-state index is 0.00501. The van der Waals surface area contributed by atoms with Gasteiger partial charge in [0.15, 0.2) is 37.2 Å². The second-order valence-corrected chi connectivity index (χ2v) is 16.1. The molecule has 0 saturated heterocycles. The molecule has 2 aromatic heterocycles. The fourth-order valence-electron chi connectivity index (χ4n) is 3.83. The van der Waals surface area contributed by atoms with Gasteiger partial charge in [0.05, 0.1) is 18.0 Å². The Hall–Kier alpha value is -3.84. The second-order valence-electron chi connectivity index (χ2n) is 11.3. The molecule has 3 aromatic rings. The predicted octanol–water partition coefficient (Wildman–Crippen LogP) is 3.92. The first-order valence-electron chi connectivity index (χ1n) is 13.0. The zero-order chi connectivity index (χ0) is 27.9. The second kappa shape index (κ2) is 10.0. The van der Waals surface area contributed by atoms with Gasteiger partial charge >= 0.3 is 0 Å². The van der Waals surface area contributed by atoms with Gasteiger partial charge in [-0.2, -0.15) is 0 Å². The Kier molecular flexibility index (Phi) is 6.89. The van der Waals surface area contributed by atoms with Crippen LogP contribution in [0, 0.1) is 5.92 Å². The first-order chi connectivity index (χ1) is 18.5. The molecule has 12 nitrogen and oxygen atoms in total. The third kappa shape index (κ3) is 5.50. The van der Waals surface area contributed by atoms with Crippen LogP contribution in [0.1, 0.15) is 55.8 Å². The number of ether oxygens (including phenoxy) is 1. The van der Waals surface area contributed by atoms with E-state index in [1.165, 1.54) is 7.05 Å². The molecule has 3 heterocycles. The van der Waals surface area contributed by atoms with Crippen LogP contribution in [0.5, 0.6) is 5.75 Å². The highest BCUT2D eigenvalue weighted by molar-refractivity contribution is 6.74. The average Bonchev–Trinajstić information content (AvgIpc) is 3.66. The molecule has 1 aromatic carbocycles. The van der Waals surface area contributed by atoms with E-state index in [4.69, 9.17) is 14.3 Å². The number of hydrogen-bond donors (Lipinski definition) is 3. The number of amides is 2. The topological polar surface area (TPSA) is 145 Å². The normalized spacial score (nSPS) is 14.6. The van der Waals surface area contributed by atoms with Crippen LogP contribution in [-0.2, 0) is 22.4 Å². The molecular weight excluding hydrogens is 516 g/mol. The van der Waals surface area contributed by atoms with E-state index in [0.717, 1.165) is 12.8 Å². The molecule has 0 radical (unpaired) electrons. The van der Waals surface area contributed by atoms with Gasteiger partial charge in [-0.05, 0) is 43.1 Å².